The number of carbonyl (C=O) groups excluding carboxylic acids is 1. The summed E-state index contributed by atoms with van der Waals surface area (Å²) >= 11 is 0. The van der Waals surface area contributed by atoms with Crippen LogP contribution in [0.1, 0.15) is 43.4 Å². The van der Waals surface area contributed by atoms with E-state index in [-0.39, 0.29) is 12.0 Å². The van der Waals surface area contributed by atoms with E-state index in [1.165, 1.54) is 5.69 Å². The molecule has 0 N–H and O–H groups in total. The van der Waals surface area contributed by atoms with Crippen molar-refractivity contribution in [2.24, 2.45) is 7.05 Å². The first-order valence-electron chi connectivity index (χ1n) is 7.03. The van der Waals surface area contributed by atoms with Crippen LogP contribution in [0.5, 0.6) is 0 Å². The minimum atomic E-state index is -0.0662. The fraction of sp³-hybridized carbons (Fsp3) is 0.714. The highest BCUT2D eigenvalue weighted by Gasteiger charge is 2.35. The molecule has 0 amide bonds. The second kappa shape index (κ2) is 4.63. The molecule has 0 unspecified atom stereocenters. The van der Waals surface area contributed by atoms with Crippen LogP contribution in [-0.2, 0) is 29.5 Å². The first kappa shape index (κ1) is 12.7. The van der Waals surface area contributed by atoms with Crippen LogP contribution in [0.15, 0.2) is 0 Å². The molecule has 1 aromatic rings. The maximum atomic E-state index is 11.7. The molecular weight excluding hydrogens is 242 g/mol. The minimum absolute atomic E-state index is 0.0577. The number of nitrogens with zero attached hydrogens (tertiary/aromatic N) is 3. The minimum Gasteiger partial charge on any atom is -0.464 e. The molecule has 1 fully saturated rings. The van der Waals surface area contributed by atoms with Gasteiger partial charge in [0.15, 0.2) is 0 Å². The zero-order chi connectivity index (χ0) is 13.6. The van der Waals surface area contributed by atoms with Gasteiger partial charge in [0, 0.05) is 44.6 Å². The Morgan fingerprint density at radius 1 is 1.42 bits per heavy atom. The van der Waals surface area contributed by atoms with Crippen LogP contribution in [0.25, 0.3) is 0 Å². The number of imidazole rings is 1. The average Bonchev–Trinajstić information content (AvgIpc) is 2.93. The molecule has 0 spiro atoms. The molecule has 1 aromatic heterocycles. The van der Waals surface area contributed by atoms with E-state index in [1.807, 2.05) is 0 Å². The first-order valence-corrected chi connectivity index (χ1v) is 7.03. The first-order chi connectivity index (χ1) is 9.08. The van der Waals surface area contributed by atoms with E-state index in [4.69, 9.17) is 9.72 Å². The molecule has 5 heteroatoms. The fourth-order valence-corrected chi connectivity index (χ4v) is 3.17. The van der Waals surface area contributed by atoms with Crippen molar-refractivity contribution in [3.63, 3.8) is 0 Å². The molecule has 0 aromatic carbocycles. The van der Waals surface area contributed by atoms with Crippen molar-refractivity contribution in [3.8, 4) is 0 Å². The van der Waals surface area contributed by atoms with Gasteiger partial charge in [-0.25, -0.2) is 4.98 Å². The lowest BCUT2D eigenvalue weighted by Crippen LogP contribution is -2.42. The second-order valence-electron chi connectivity index (χ2n) is 5.77. The van der Waals surface area contributed by atoms with Crippen molar-refractivity contribution in [1.29, 1.82) is 0 Å². The number of esters is 1. The molecule has 19 heavy (non-hydrogen) atoms. The molecule has 0 radical (unpaired) electrons. The molecule has 104 valence electrons. The fourth-order valence-electron chi connectivity index (χ4n) is 3.17. The molecule has 1 saturated heterocycles. The smallest absolute Gasteiger partial charge is 0.323 e. The van der Waals surface area contributed by atoms with Crippen LogP contribution < -0.4 is 0 Å². The van der Waals surface area contributed by atoms with E-state index < -0.39 is 0 Å². The number of hydrogen-bond donors (Lipinski definition) is 0. The monoisotopic (exact) mass is 263 g/mol. The number of cyclic esters (lactones) is 1. The lowest BCUT2D eigenvalue weighted by Gasteiger charge is -2.29. The summed E-state index contributed by atoms with van der Waals surface area (Å²) < 4.78 is 7.29. The van der Waals surface area contributed by atoms with Gasteiger partial charge in [-0.05, 0) is 0 Å². The average molecular weight is 263 g/mol. The molecule has 3 rings (SSSR count). The Hall–Kier alpha value is -1.36. The van der Waals surface area contributed by atoms with Crippen molar-refractivity contribution in [1.82, 2.24) is 14.5 Å². The van der Waals surface area contributed by atoms with Gasteiger partial charge >= 0.3 is 5.97 Å². The van der Waals surface area contributed by atoms with Crippen LogP contribution in [0.3, 0.4) is 0 Å². The molecule has 3 heterocycles. The summed E-state index contributed by atoms with van der Waals surface area (Å²) in [6.07, 6.45) is 1.79. The molecule has 0 aliphatic carbocycles. The molecule has 5 nitrogen and oxygen atoms in total. The number of carbonyl (C=O) groups is 1. The predicted octanol–water partition coefficient (Wildman–Crippen LogP) is 1.22. The molecule has 2 aliphatic heterocycles. The molecule has 0 saturated carbocycles. The Balaban J connectivity index is 1.84. The van der Waals surface area contributed by atoms with Crippen molar-refractivity contribution in [3.05, 3.63) is 17.2 Å². The number of aromatic nitrogens is 2. The Labute approximate surface area is 113 Å². The highest BCUT2D eigenvalue weighted by atomic mass is 16.5. The highest BCUT2D eigenvalue weighted by Crippen LogP contribution is 2.26. The molecular formula is C14H21N3O2. The van der Waals surface area contributed by atoms with E-state index in [2.05, 4.69) is 30.4 Å². The van der Waals surface area contributed by atoms with E-state index in [0.29, 0.717) is 12.5 Å². The van der Waals surface area contributed by atoms with Gasteiger partial charge in [0.25, 0.3) is 0 Å². The summed E-state index contributed by atoms with van der Waals surface area (Å²) in [5.41, 5.74) is 2.46. The summed E-state index contributed by atoms with van der Waals surface area (Å²) in [6.45, 7) is 6.59. The number of ether oxygens (including phenoxy) is 1. The SMILES string of the molecule is CC(C)c1nc2c(n1C)CCN([C@H]1CCOC1=O)C2. The predicted molar refractivity (Wildman–Crippen MR) is 70.8 cm³/mol. The van der Waals surface area contributed by atoms with Crippen molar-refractivity contribution < 1.29 is 9.53 Å². The summed E-state index contributed by atoms with van der Waals surface area (Å²) in [5.74, 6) is 1.50. The summed E-state index contributed by atoms with van der Waals surface area (Å²) in [4.78, 5) is 18.7. The molecule has 0 bridgehead atoms. The lowest BCUT2D eigenvalue weighted by atomic mass is 10.1. The zero-order valence-electron chi connectivity index (χ0n) is 11.8. The third-order valence-electron chi connectivity index (χ3n) is 4.18. The lowest BCUT2D eigenvalue weighted by molar-refractivity contribution is -0.142. The third-order valence-corrected chi connectivity index (χ3v) is 4.18. The third kappa shape index (κ3) is 2.06. The van der Waals surface area contributed by atoms with Gasteiger partial charge < -0.3 is 9.30 Å². The standard InChI is InChI=1S/C14H21N3O2/c1-9(2)13-15-10-8-17(6-4-11(10)16(13)3)12-5-7-19-14(12)18/h9,12H,4-8H2,1-3H3/t12-/m0/s1. The van der Waals surface area contributed by atoms with Crippen LogP contribution in [0.4, 0.5) is 0 Å². The zero-order valence-corrected chi connectivity index (χ0v) is 11.8. The van der Waals surface area contributed by atoms with Gasteiger partial charge in [-0.2, -0.15) is 0 Å². The van der Waals surface area contributed by atoms with Gasteiger partial charge in [-0.1, -0.05) is 13.8 Å². The van der Waals surface area contributed by atoms with E-state index in [9.17, 15) is 4.79 Å². The van der Waals surface area contributed by atoms with Gasteiger partial charge in [0.1, 0.15) is 11.9 Å². The molecule has 1 atom stereocenters. The van der Waals surface area contributed by atoms with Crippen LogP contribution in [0, 0.1) is 0 Å². The van der Waals surface area contributed by atoms with Crippen LogP contribution >= 0.6 is 0 Å². The quantitative estimate of drug-likeness (QED) is 0.753. The topological polar surface area (TPSA) is 47.4 Å². The van der Waals surface area contributed by atoms with Crippen molar-refractivity contribution in [2.75, 3.05) is 13.2 Å². The van der Waals surface area contributed by atoms with Gasteiger partial charge in [-0.3, -0.25) is 9.69 Å². The Morgan fingerprint density at radius 2 is 2.21 bits per heavy atom. The second-order valence-corrected chi connectivity index (χ2v) is 5.77. The van der Waals surface area contributed by atoms with Gasteiger partial charge in [0.2, 0.25) is 0 Å². The highest BCUT2D eigenvalue weighted by molar-refractivity contribution is 5.77. The van der Waals surface area contributed by atoms with Gasteiger partial charge in [0.05, 0.1) is 12.3 Å². The van der Waals surface area contributed by atoms with Crippen molar-refractivity contribution >= 4 is 5.97 Å². The largest absolute Gasteiger partial charge is 0.464 e. The normalized spacial score (nSPS) is 23.8. The van der Waals surface area contributed by atoms with Crippen molar-refractivity contribution in [2.45, 2.75) is 45.2 Å². The van der Waals surface area contributed by atoms with E-state index >= 15 is 0 Å². The number of hydrogen-bond acceptors (Lipinski definition) is 4. The summed E-state index contributed by atoms with van der Waals surface area (Å²) in [7, 11) is 2.10. The Morgan fingerprint density at radius 3 is 2.84 bits per heavy atom. The molecule has 2 aliphatic rings. The Kier molecular flexibility index (Phi) is 3.09. The summed E-state index contributed by atoms with van der Waals surface area (Å²) in [5, 5.41) is 0. The maximum Gasteiger partial charge on any atom is 0.323 e. The van der Waals surface area contributed by atoms with E-state index in [1.54, 1.807) is 0 Å². The van der Waals surface area contributed by atoms with E-state index in [0.717, 1.165) is 37.4 Å². The van der Waals surface area contributed by atoms with Crippen LogP contribution in [0.2, 0.25) is 0 Å². The maximum absolute atomic E-state index is 11.7. The Bertz CT molecular complexity index is 507. The number of fused-ring (bicyclic) bond motifs is 1. The summed E-state index contributed by atoms with van der Waals surface area (Å²) in [6, 6.07) is -0.0577. The van der Waals surface area contributed by atoms with Gasteiger partial charge in [-0.15, -0.1) is 0 Å². The van der Waals surface area contributed by atoms with Crippen LogP contribution in [-0.4, -0.2) is 39.6 Å². The number of rotatable bonds is 2.